The summed E-state index contributed by atoms with van der Waals surface area (Å²) in [6.07, 6.45) is 2.95. The summed E-state index contributed by atoms with van der Waals surface area (Å²) in [5, 5.41) is 0.823. The average molecular weight is 626 g/mol. The van der Waals surface area contributed by atoms with Crippen LogP contribution < -0.4 is 4.90 Å². The van der Waals surface area contributed by atoms with Gasteiger partial charge in [-0.25, -0.2) is 8.42 Å². The Morgan fingerprint density at radius 2 is 1.61 bits per heavy atom. The highest BCUT2D eigenvalue weighted by Gasteiger charge is 2.33. The summed E-state index contributed by atoms with van der Waals surface area (Å²) in [5.41, 5.74) is 5.88. The fourth-order valence-electron chi connectivity index (χ4n) is 5.33. The number of benzene rings is 4. The Morgan fingerprint density at radius 3 is 2.25 bits per heavy atom. The van der Waals surface area contributed by atoms with E-state index in [-0.39, 0.29) is 10.8 Å². The van der Waals surface area contributed by atoms with Crippen molar-refractivity contribution >= 4 is 43.4 Å². The molecular weight excluding hydrogens is 593 g/mol. The van der Waals surface area contributed by atoms with Gasteiger partial charge in [-0.1, -0.05) is 36.4 Å². The Balaban J connectivity index is 1.68. The quantitative estimate of drug-likeness (QED) is 0.170. The number of carbonyl (C=O) groups excluding carboxylic acids is 1. The Morgan fingerprint density at radius 1 is 0.932 bits per heavy atom. The fraction of sp³-hybridized carbons (Fsp3) is 0.200. The minimum Gasteiger partial charge on any atom is -0.768 e. The molecule has 2 unspecified atom stereocenters. The second kappa shape index (κ2) is 12.1. The van der Waals surface area contributed by atoms with Gasteiger partial charge in [0.2, 0.25) is 0 Å². The number of amides is 1. The monoisotopic (exact) mass is 625 g/mol. The molecule has 0 saturated heterocycles. The van der Waals surface area contributed by atoms with Gasteiger partial charge in [0.1, 0.15) is 0 Å². The van der Waals surface area contributed by atoms with Crippen LogP contribution >= 0.6 is 0 Å². The van der Waals surface area contributed by atoms with Crippen molar-refractivity contribution in [1.29, 1.82) is 0 Å². The highest BCUT2D eigenvalue weighted by molar-refractivity contribution is 7.91. The van der Waals surface area contributed by atoms with E-state index in [9.17, 15) is 22.0 Å². The van der Waals surface area contributed by atoms with E-state index < -0.39 is 31.7 Å². The molecule has 44 heavy (non-hydrogen) atoms. The van der Waals surface area contributed by atoms with E-state index in [2.05, 4.69) is 4.98 Å². The smallest absolute Gasteiger partial charge is 0.258 e. The molecule has 1 heterocycles. The minimum atomic E-state index is -3.44. The molecule has 0 aliphatic rings. The molecule has 0 aliphatic heterocycles. The number of nitrogens with zero attached hydrogens (tertiary/aromatic N) is 2. The van der Waals surface area contributed by atoms with Crippen molar-refractivity contribution in [3.63, 3.8) is 0 Å². The van der Waals surface area contributed by atoms with Crippen LogP contribution in [-0.2, 0) is 25.7 Å². The predicted octanol–water partition coefficient (Wildman–Crippen LogP) is 7.14. The summed E-state index contributed by atoms with van der Waals surface area (Å²) in [4.78, 5) is 20.4. The van der Waals surface area contributed by atoms with E-state index in [4.69, 9.17) is 0 Å². The summed E-state index contributed by atoms with van der Waals surface area (Å²) in [5.74, 6) is -0.233. The maximum Gasteiger partial charge on any atom is 0.258 e. The van der Waals surface area contributed by atoms with Crippen LogP contribution in [0.2, 0.25) is 0 Å². The van der Waals surface area contributed by atoms with Gasteiger partial charge in [0, 0.05) is 39.5 Å². The molecule has 7 nitrogen and oxygen atoms in total. The molecular formula is C35H33N2O5S2-. The van der Waals surface area contributed by atoms with Gasteiger partial charge in [-0.2, -0.15) is 0 Å². The maximum atomic E-state index is 14.0. The summed E-state index contributed by atoms with van der Waals surface area (Å²) in [6, 6.07) is 28.2. The standard InChI is InChI=1S/C35H34N2O5S2/c1-23-13-14-26(32-22-28(35(3,4)44(5,41)42)20-27-12-9-19-36-33(27)32)21-31(23)24(2)37(34(38)25-10-7-6-8-11-25)29-15-17-30(18-16-29)43(39)40/h6-22,24H,1-5H3,(H,39,40)/p-1. The molecule has 1 aromatic heterocycles. The van der Waals surface area contributed by atoms with E-state index in [0.29, 0.717) is 16.8 Å². The first-order valence-corrected chi connectivity index (χ1v) is 17.0. The first-order valence-electron chi connectivity index (χ1n) is 14.1. The molecule has 0 bridgehead atoms. The van der Waals surface area contributed by atoms with Gasteiger partial charge in [-0.15, -0.1) is 0 Å². The van der Waals surface area contributed by atoms with E-state index in [0.717, 1.165) is 33.2 Å². The number of anilines is 1. The third-order valence-corrected chi connectivity index (χ3v) is 11.0. The number of hydrogen-bond acceptors (Lipinski definition) is 6. The van der Waals surface area contributed by atoms with Crippen molar-refractivity contribution in [3.8, 4) is 11.1 Å². The van der Waals surface area contributed by atoms with Crippen molar-refractivity contribution in [2.24, 2.45) is 0 Å². The lowest BCUT2D eigenvalue weighted by Gasteiger charge is -2.31. The van der Waals surface area contributed by atoms with Gasteiger partial charge < -0.3 is 9.45 Å². The predicted molar refractivity (Wildman–Crippen MR) is 175 cm³/mol. The van der Waals surface area contributed by atoms with Crippen molar-refractivity contribution < 1.29 is 22.0 Å². The number of fused-ring (bicyclic) bond motifs is 1. The van der Waals surface area contributed by atoms with Crippen LogP contribution in [0.1, 0.15) is 53.9 Å². The molecule has 1 amide bonds. The van der Waals surface area contributed by atoms with Gasteiger partial charge in [0.05, 0.1) is 16.3 Å². The van der Waals surface area contributed by atoms with Crippen LogP contribution in [0, 0.1) is 6.92 Å². The molecule has 226 valence electrons. The fourth-order valence-corrected chi connectivity index (χ4v) is 6.23. The zero-order valence-electron chi connectivity index (χ0n) is 25.1. The van der Waals surface area contributed by atoms with Gasteiger partial charge in [0.15, 0.2) is 9.84 Å². The third kappa shape index (κ3) is 5.95. The topological polar surface area (TPSA) is 107 Å². The molecule has 0 N–H and O–H groups in total. The molecule has 4 aromatic carbocycles. The molecule has 0 spiro atoms. The summed E-state index contributed by atoms with van der Waals surface area (Å²) >= 11 is -2.39. The maximum absolute atomic E-state index is 14.0. The van der Waals surface area contributed by atoms with Crippen molar-refractivity contribution in [1.82, 2.24) is 4.98 Å². The number of hydrogen-bond donors (Lipinski definition) is 0. The third-order valence-electron chi connectivity index (χ3n) is 8.30. The van der Waals surface area contributed by atoms with Crippen molar-refractivity contribution in [2.45, 2.75) is 43.4 Å². The summed E-state index contributed by atoms with van der Waals surface area (Å²) in [6.45, 7) is 7.32. The molecule has 9 heteroatoms. The number of aromatic nitrogens is 1. The Hall–Kier alpha value is -4.18. The van der Waals surface area contributed by atoms with E-state index >= 15 is 0 Å². The molecule has 5 aromatic rings. The number of sulfone groups is 1. The molecule has 0 aliphatic carbocycles. The van der Waals surface area contributed by atoms with E-state index in [1.54, 1.807) is 61.3 Å². The Labute approximate surface area is 260 Å². The second-order valence-electron chi connectivity index (χ2n) is 11.4. The molecule has 0 fully saturated rings. The summed E-state index contributed by atoms with van der Waals surface area (Å²) < 4.78 is 47.5. The first kappa shape index (κ1) is 31.3. The van der Waals surface area contributed by atoms with Crippen LogP contribution in [-0.4, -0.2) is 34.3 Å². The van der Waals surface area contributed by atoms with Crippen molar-refractivity contribution in [3.05, 3.63) is 126 Å². The first-order chi connectivity index (χ1) is 20.8. The van der Waals surface area contributed by atoms with Crippen LogP contribution in [0.15, 0.2) is 108 Å². The Kier molecular flexibility index (Phi) is 8.57. The Bertz CT molecular complexity index is 1990. The van der Waals surface area contributed by atoms with E-state index in [1.165, 1.54) is 18.4 Å². The number of rotatable bonds is 8. The van der Waals surface area contributed by atoms with Gasteiger partial charge >= 0.3 is 0 Å². The molecule has 0 saturated carbocycles. The van der Waals surface area contributed by atoms with Crippen molar-refractivity contribution in [2.75, 3.05) is 11.2 Å². The average Bonchev–Trinajstić information content (AvgIpc) is 3.01. The second-order valence-corrected chi connectivity index (χ2v) is 14.9. The lowest BCUT2D eigenvalue weighted by Crippen LogP contribution is -2.34. The largest absolute Gasteiger partial charge is 0.768 e. The number of pyridine rings is 1. The lowest BCUT2D eigenvalue weighted by molar-refractivity contribution is 0.0978. The van der Waals surface area contributed by atoms with E-state index in [1.807, 2.05) is 62.4 Å². The van der Waals surface area contributed by atoms with Gasteiger partial charge in [-0.3, -0.25) is 14.0 Å². The minimum absolute atomic E-state index is 0.128. The molecule has 5 rings (SSSR count). The van der Waals surface area contributed by atoms with Crippen LogP contribution in [0.25, 0.3) is 22.0 Å². The highest BCUT2D eigenvalue weighted by Crippen LogP contribution is 2.39. The SMILES string of the molecule is Cc1ccc(-c2cc(C(C)(C)S(C)(=O)=O)cc3cccnc23)cc1C(C)N(C(=O)c1ccccc1)c1ccc(S(=O)[O-])cc1. The molecule has 2 atom stereocenters. The van der Waals surface area contributed by atoms with Crippen LogP contribution in [0.5, 0.6) is 0 Å². The summed E-state index contributed by atoms with van der Waals surface area (Å²) in [7, 11) is -3.44. The van der Waals surface area contributed by atoms with Gasteiger partial charge in [-0.05, 0) is 122 Å². The van der Waals surface area contributed by atoms with Crippen LogP contribution in [0.3, 0.4) is 0 Å². The number of aryl methyl sites for hydroxylation is 1. The molecule has 0 radical (unpaired) electrons. The normalized spacial score (nSPS) is 13.4. The van der Waals surface area contributed by atoms with Crippen LogP contribution in [0.4, 0.5) is 5.69 Å². The lowest BCUT2D eigenvalue weighted by atomic mass is 9.90. The van der Waals surface area contributed by atoms with Gasteiger partial charge in [0.25, 0.3) is 5.91 Å². The highest BCUT2D eigenvalue weighted by atomic mass is 32.2. The number of carbonyl (C=O) groups is 1. The zero-order valence-corrected chi connectivity index (χ0v) is 26.8. The zero-order chi connectivity index (χ0) is 31.8.